The molecule has 7 rings (SSSR count). The average molecular weight is 505 g/mol. The maximum atomic E-state index is 13.1. The molecule has 188 valence electrons. The lowest BCUT2D eigenvalue weighted by molar-refractivity contribution is 0.0372. The molecule has 0 saturated carbocycles. The van der Waals surface area contributed by atoms with Crippen LogP contribution in [0.4, 0.5) is 0 Å². The van der Waals surface area contributed by atoms with Gasteiger partial charge in [0.05, 0.1) is 22.3 Å². The van der Waals surface area contributed by atoms with Crippen molar-refractivity contribution in [3.63, 3.8) is 0 Å². The molecule has 0 N–H and O–H groups in total. The van der Waals surface area contributed by atoms with E-state index in [0.29, 0.717) is 33.0 Å². The highest BCUT2D eigenvalue weighted by Crippen LogP contribution is 2.52. The van der Waals surface area contributed by atoms with Crippen LogP contribution in [0.15, 0.2) is 0 Å². The zero-order chi connectivity index (χ0) is 27.3. The predicted octanol–water partition coefficient (Wildman–Crippen LogP) is 6.83. The summed E-state index contributed by atoms with van der Waals surface area (Å²) in [6.07, 6.45) is 0. The van der Waals surface area contributed by atoms with Crippen LogP contribution in [-0.2, 0) is 9.47 Å². The number of aryl methyl sites for hydroxylation is 4. The van der Waals surface area contributed by atoms with E-state index in [1.165, 1.54) is 0 Å². The number of rotatable bonds is 0. The van der Waals surface area contributed by atoms with E-state index in [2.05, 4.69) is 0 Å². The van der Waals surface area contributed by atoms with Gasteiger partial charge in [0.15, 0.2) is 0 Å². The first kappa shape index (κ1) is 22.8. The van der Waals surface area contributed by atoms with Crippen LogP contribution in [0.25, 0.3) is 43.1 Å². The Bertz CT molecular complexity index is 1820. The Kier molecular flexibility index (Phi) is 4.06. The third-order valence-corrected chi connectivity index (χ3v) is 9.44. The van der Waals surface area contributed by atoms with Crippen LogP contribution in [0.2, 0.25) is 0 Å². The van der Waals surface area contributed by atoms with Crippen LogP contribution in [0, 0.1) is 55.4 Å². The Hall–Kier alpha value is -4.32. The van der Waals surface area contributed by atoms with Crippen molar-refractivity contribution >= 4 is 67.0 Å². The van der Waals surface area contributed by atoms with Crippen LogP contribution in [0.3, 0.4) is 0 Å². The van der Waals surface area contributed by atoms with E-state index < -0.39 is 23.9 Å². The second kappa shape index (κ2) is 6.76. The maximum absolute atomic E-state index is 13.1. The molecule has 2 heterocycles. The number of benzene rings is 5. The van der Waals surface area contributed by atoms with Gasteiger partial charge < -0.3 is 9.47 Å². The molecule has 0 aliphatic carbocycles. The first-order valence-corrected chi connectivity index (χ1v) is 12.6. The molecule has 0 fully saturated rings. The summed E-state index contributed by atoms with van der Waals surface area (Å²) in [6.45, 7) is 15.5. The van der Waals surface area contributed by atoms with E-state index in [0.717, 1.165) is 76.8 Å². The predicted molar refractivity (Wildman–Crippen MR) is 145 cm³/mol. The summed E-state index contributed by atoms with van der Waals surface area (Å²) in [5.74, 6) is -2.52. The van der Waals surface area contributed by atoms with E-state index in [9.17, 15) is 19.2 Å². The highest BCUT2D eigenvalue weighted by Gasteiger charge is 2.38. The maximum Gasteiger partial charge on any atom is 0.346 e. The standard InChI is InChI=1S/C32H24O6/c1-9-13(5)21-27-22(30(34)37-29(21)33)15(7)11(3)19-20-12(4)16(8)24-28-23(31(35)38-32(24)36)14(6)10(2)18(26(20)28)17(9)25(19)27/h1-8H3. The zero-order valence-corrected chi connectivity index (χ0v) is 22.4. The number of fused-ring (bicyclic) bond motifs is 2. The van der Waals surface area contributed by atoms with Crippen LogP contribution in [0.5, 0.6) is 0 Å². The summed E-state index contributed by atoms with van der Waals surface area (Å²) in [5, 5.41) is 6.71. The van der Waals surface area contributed by atoms with Crippen molar-refractivity contribution in [2.45, 2.75) is 55.4 Å². The van der Waals surface area contributed by atoms with Gasteiger partial charge in [-0.1, -0.05) is 0 Å². The molecule has 2 aliphatic rings. The van der Waals surface area contributed by atoms with Crippen molar-refractivity contribution in [2.24, 2.45) is 0 Å². The molecule has 38 heavy (non-hydrogen) atoms. The largest absolute Gasteiger partial charge is 0.386 e. The van der Waals surface area contributed by atoms with Crippen LogP contribution >= 0.6 is 0 Å². The minimum Gasteiger partial charge on any atom is -0.386 e. The number of ether oxygens (including phenoxy) is 2. The van der Waals surface area contributed by atoms with Crippen molar-refractivity contribution in [2.75, 3.05) is 0 Å². The van der Waals surface area contributed by atoms with Crippen molar-refractivity contribution in [1.29, 1.82) is 0 Å². The van der Waals surface area contributed by atoms with Gasteiger partial charge in [-0.2, -0.15) is 0 Å². The van der Waals surface area contributed by atoms with Crippen molar-refractivity contribution in [3.8, 4) is 0 Å². The van der Waals surface area contributed by atoms with Crippen molar-refractivity contribution in [3.05, 3.63) is 66.8 Å². The second-order valence-corrected chi connectivity index (χ2v) is 10.9. The number of hydrogen-bond acceptors (Lipinski definition) is 6. The van der Waals surface area contributed by atoms with E-state index >= 15 is 0 Å². The average Bonchev–Trinajstić information content (AvgIpc) is 2.85. The molecular formula is C32H24O6. The van der Waals surface area contributed by atoms with E-state index in [1.54, 1.807) is 0 Å². The van der Waals surface area contributed by atoms with E-state index in [4.69, 9.17) is 9.47 Å². The second-order valence-electron chi connectivity index (χ2n) is 10.9. The summed E-state index contributed by atoms with van der Waals surface area (Å²) in [5.41, 5.74) is 8.35. The van der Waals surface area contributed by atoms with E-state index in [1.807, 2.05) is 55.4 Å². The molecule has 5 aromatic rings. The monoisotopic (exact) mass is 504 g/mol. The lowest BCUT2D eigenvalue weighted by Crippen LogP contribution is -2.24. The third kappa shape index (κ3) is 2.23. The van der Waals surface area contributed by atoms with Gasteiger partial charge in [-0.05, 0) is 132 Å². The molecule has 0 atom stereocenters. The lowest BCUT2D eigenvalue weighted by Gasteiger charge is -2.30. The molecule has 2 aliphatic heterocycles. The Morgan fingerprint density at radius 2 is 0.500 bits per heavy atom. The number of carbonyl (C=O) groups is 4. The minimum absolute atomic E-state index is 0.428. The van der Waals surface area contributed by atoms with Crippen LogP contribution in [-0.4, -0.2) is 23.9 Å². The Balaban J connectivity index is 2.01. The summed E-state index contributed by atoms with van der Waals surface area (Å²) in [7, 11) is 0. The quantitative estimate of drug-likeness (QED) is 0.0995. The number of esters is 4. The van der Waals surface area contributed by atoms with Gasteiger partial charge in [0.25, 0.3) is 0 Å². The molecule has 0 saturated heterocycles. The fourth-order valence-electron chi connectivity index (χ4n) is 7.14. The fourth-order valence-corrected chi connectivity index (χ4v) is 7.14. The normalized spacial score (nSPS) is 14.9. The Morgan fingerprint density at radius 3 is 0.711 bits per heavy atom. The Morgan fingerprint density at radius 1 is 0.289 bits per heavy atom. The zero-order valence-electron chi connectivity index (χ0n) is 22.4. The molecule has 0 amide bonds. The minimum atomic E-state index is -0.631. The van der Waals surface area contributed by atoms with Gasteiger partial charge in [-0.25, -0.2) is 19.2 Å². The van der Waals surface area contributed by atoms with Gasteiger partial charge in [0, 0.05) is 10.8 Å². The number of hydrogen-bond donors (Lipinski definition) is 0. The summed E-state index contributed by atoms with van der Waals surface area (Å²) in [4.78, 5) is 52.5. The van der Waals surface area contributed by atoms with Gasteiger partial charge >= 0.3 is 23.9 Å². The molecule has 0 radical (unpaired) electrons. The fraction of sp³-hybridized carbons (Fsp3) is 0.250. The molecule has 6 nitrogen and oxygen atoms in total. The van der Waals surface area contributed by atoms with Crippen LogP contribution < -0.4 is 0 Å². The molecule has 0 spiro atoms. The highest BCUT2D eigenvalue weighted by atomic mass is 16.6. The first-order valence-electron chi connectivity index (χ1n) is 12.6. The first-order chi connectivity index (χ1) is 17.9. The van der Waals surface area contributed by atoms with Crippen molar-refractivity contribution in [1.82, 2.24) is 0 Å². The van der Waals surface area contributed by atoms with Gasteiger partial charge in [-0.15, -0.1) is 0 Å². The van der Waals surface area contributed by atoms with E-state index in [-0.39, 0.29) is 0 Å². The molecule has 5 aromatic carbocycles. The van der Waals surface area contributed by atoms with Crippen LogP contribution in [0.1, 0.15) is 85.9 Å². The summed E-state index contributed by atoms with van der Waals surface area (Å²) in [6, 6.07) is 0. The van der Waals surface area contributed by atoms with Gasteiger partial charge in [-0.3, -0.25) is 0 Å². The summed E-state index contributed by atoms with van der Waals surface area (Å²) >= 11 is 0. The summed E-state index contributed by atoms with van der Waals surface area (Å²) < 4.78 is 10.5. The van der Waals surface area contributed by atoms with Gasteiger partial charge in [0.2, 0.25) is 0 Å². The molecule has 6 heteroatoms. The topological polar surface area (TPSA) is 86.7 Å². The molecule has 0 aromatic heterocycles. The molecule has 0 bridgehead atoms. The third-order valence-electron chi connectivity index (χ3n) is 9.44. The van der Waals surface area contributed by atoms with Crippen molar-refractivity contribution < 1.29 is 28.7 Å². The number of cyclic esters (lactones) is 4. The van der Waals surface area contributed by atoms with Gasteiger partial charge in [0.1, 0.15) is 0 Å². The lowest BCUT2D eigenvalue weighted by atomic mass is 9.74. The molecular weight excluding hydrogens is 480 g/mol. The Labute approximate surface area is 217 Å². The smallest absolute Gasteiger partial charge is 0.346 e. The SMILES string of the molecule is Cc1c2c3c(c(C)c(C)c4c5c(C)c(C)c6c7c(c(C)c(C)c(c(c1C)c34)c75)C(=O)OC6=O)C(=O)OC2=O. The highest BCUT2D eigenvalue weighted by molar-refractivity contribution is 6.42. The number of carbonyl (C=O) groups excluding carboxylic acids is 4. The molecule has 0 unspecified atom stereocenters.